The molecule has 0 amide bonds. The number of nitrogens with zero attached hydrogens (tertiary/aromatic N) is 1. The molecule has 0 aliphatic carbocycles. The molecule has 0 saturated heterocycles. The molecule has 0 radical (unpaired) electrons. The molecule has 0 fully saturated rings. The summed E-state index contributed by atoms with van der Waals surface area (Å²) in [5.74, 6) is 0. The van der Waals surface area contributed by atoms with Gasteiger partial charge in [-0.25, -0.2) is 0 Å². The van der Waals surface area contributed by atoms with Crippen LogP contribution in [0, 0.1) is 6.58 Å². The number of hydrogen-bond acceptors (Lipinski definition) is 2. The second-order valence-electron chi connectivity index (χ2n) is 1.64. The molecule has 0 saturated carbocycles. The molecule has 72 valence electrons. The van der Waals surface area contributed by atoms with Crippen molar-refractivity contribution in [3.8, 4) is 0 Å². The van der Waals surface area contributed by atoms with Crippen LogP contribution in [0.3, 0.4) is 0 Å². The molecule has 0 spiro atoms. The van der Waals surface area contributed by atoms with Crippen LogP contribution in [0.5, 0.6) is 0 Å². The third kappa shape index (κ3) is 10.3. The van der Waals surface area contributed by atoms with Gasteiger partial charge < -0.3 is 0 Å². The first kappa shape index (κ1) is 18.2. The fourth-order valence-electron chi connectivity index (χ4n) is 0.440. The third-order valence-corrected chi connectivity index (χ3v) is 3.09. The molecular formula is C9H18NSW-. The minimum absolute atomic E-state index is 0. The molecule has 0 rings (SSSR count). The van der Waals surface area contributed by atoms with E-state index in [4.69, 9.17) is 6.58 Å². The van der Waals surface area contributed by atoms with Crippen LogP contribution in [0.15, 0.2) is 11.2 Å². The van der Waals surface area contributed by atoms with Crippen molar-refractivity contribution >= 4 is 22.2 Å². The van der Waals surface area contributed by atoms with Gasteiger partial charge in [0.15, 0.2) is 0 Å². The summed E-state index contributed by atoms with van der Waals surface area (Å²) < 4.78 is 1.37. The van der Waals surface area contributed by atoms with Gasteiger partial charge in [0.1, 0.15) is 0 Å². The number of hydrogen-bond donors (Lipinski definition) is 1. The van der Waals surface area contributed by atoms with E-state index in [1.165, 1.54) is 29.5 Å². The quantitative estimate of drug-likeness (QED) is 0.454. The Morgan fingerprint density at radius 1 is 1.58 bits per heavy atom. The van der Waals surface area contributed by atoms with Gasteiger partial charge in [-0.2, -0.15) is 12.6 Å². The Bertz CT molecular complexity index is 153. The van der Waals surface area contributed by atoms with Gasteiger partial charge in [0.2, 0.25) is 0 Å². The zero-order valence-electron chi connectivity index (χ0n) is 7.16. The monoisotopic (exact) mass is 356 g/mol. The summed E-state index contributed by atoms with van der Waals surface area (Å²) in [6.45, 7) is 9.21. The Hall–Kier alpha value is 0.318. The molecule has 0 bridgehead atoms. The standard InChI is InChI=1S/C7H10N.CH4S.CH4.W/c1-4-6-7(3)8-5-2;1-2;;/h2,5H,4H2,1,3H3;2H,1H3;1H4;/q-1;;;. The SMILES string of the molecule is C.CS.[CH-]=CN=C(C)[C](=[W])CC. The van der Waals surface area contributed by atoms with Crippen molar-refractivity contribution in [2.75, 3.05) is 6.26 Å². The van der Waals surface area contributed by atoms with Crippen LogP contribution in [0.4, 0.5) is 0 Å². The average molecular weight is 356 g/mol. The summed E-state index contributed by atoms with van der Waals surface area (Å²) in [7, 11) is 0. The van der Waals surface area contributed by atoms with Crippen LogP contribution in [0.2, 0.25) is 0 Å². The van der Waals surface area contributed by atoms with E-state index in [1.807, 2.05) is 6.92 Å². The van der Waals surface area contributed by atoms with E-state index in [9.17, 15) is 0 Å². The van der Waals surface area contributed by atoms with E-state index >= 15 is 0 Å². The number of aliphatic imine (C=N–C) groups is 1. The van der Waals surface area contributed by atoms with Gasteiger partial charge in [-0.05, 0) is 6.26 Å². The predicted octanol–water partition coefficient (Wildman–Crippen LogP) is 2.71. The van der Waals surface area contributed by atoms with Crippen molar-refractivity contribution in [3.63, 3.8) is 0 Å². The van der Waals surface area contributed by atoms with E-state index in [-0.39, 0.29) is 7.43 Å². The fourth-order valence-corrected chi connectivity index (χ4v) is 0.629. The average Bonchev–Trinajstić information content (AvgIpc) is 2.07. The molecule has 0 aliphatic heterocycles. The Kier molecular flexibility index (Phi) is 21.0. The fraction of sp³-hybridized carbons (Fsp3) is 0.556. The number of rotatable bonds is 3. The Morgan fingerprint density at radius 2 is 2.00 bits per heavy atom. The van der Waals surface area contributed by atoms with Crippen LogP contribution < -0.4 is 0 Å². The summed E-state index contributed by atoms with van der Waals surface area (Å²) >= 11 is 5.01. The molecule has 0 aromatic heterocycles. The van der Waals surface area contributed by atoms with Crippen LogP contribution in [0.1, 0.15) is 27.7 Å². The first-order valence-electron chi connectivity index (χ1n) is 3.28. The zero-order chi connectivity index (χ0) is 9.28. The van der Waals surface area contributed by atoms with Crippen molar-refractivity contribution in [1.82, 2.24) is 0 Å². The van der Waals surface area contributed by atoms with E-state index in [0.717, 1.165) is 12.1 Å². The maximum absolute atomic E-state index is 5.11. The van der Waals surface area contributed by atoms with Crippen molar-refractivity contribution in [3.05, 3.63) is 12.8 Å². The molecule has 0 atom stereocenters. The molecule has 3 heteroatoms. The predicted molar refractivity (Wildman–Crippen MR) is 58.9 cm³/mol. The first-order chi connectivity index (χ1) is 5.22. The molecule has 0 unspecified atom stereocenters. The van der Waals surface area contributed by atoms with Crippen LogP contribution in [-0.4, -0.2) is 15.9 Å². The summed E-state index contributed by atoms with van der Waals surface area (Å²) in [5.41, 5.74) is 1.06. The maximum atomic E-state index is 5.11. The van der Waals surface area contributed by atoms with Crippen LogP contribution >= 0.6 is 12.6 Å². The van der Waals surface area contributed by atoms with Crippen molar-refractivity contribution < 1.29 is 19.4 Å². The summed E-state index contributed by atoms with van der Waals surface area (Å²) in [4.78, 5) is 3.95. The normalized spacial score (nSPS) is 8.83. The third-order valence-electron chi connectivity index (χ3n) is 0.993. The van der Waals surface area contributed by atoms with Crippen LogP contribution in [-0.2, 0) is 19.4 Å². The van der Waals surface area contributed by atoms with Crippen LogP contribution in [0.25, 0.3) is 0 Å². The molecule has 0 aromatic carbocycles. The molecule has 0 N–H and O–H groups in total. The van der Waals surface area contributed by atoms with Crippen molar-refractivity contribution in [2.24, 2.45) is 4.99 Å². The molecule has 0 aromatic rings. The van der Waals surface area contributed by atoms with E-state index < -0.39 is 0 Å². The second kappa shape index (κ2) is 13.9. The minimum atomic E-state index is 0. The van der Waals surface area contributed by atoms with E-state index in [1.54, 1.807) is 6.26 Å². The van der Waals surface area contributed by atoms with Gasteiger partial charge in [-0.3, -0.25) is 0 Å². The Morgan fingerprint density at radius 3 is 2.25 bits per heavy atom. The Labute approximate surface area is 93.2 Å². The first-order valence-corrected chi connectivity index (χ1v) is 5.64. The van der Waals surface area contributed by atoms with Gasteiger partial charge in [0, 0.05) is 0 Å². The zero-order valence-corrected chi connectivity index (χ0v) is 11.0. The Balaban J connectivity index is -0.000000249. The van der Waals surface area contributed by atoms with E-state index in [2.05, 4.69) is 24.5 Å². The molecule has 12 heavy (non-hydrogen) atoms. The topological polar surface area (TPSA) is 12.4 Å². The van der Waals surface area contributed by atoms with E-state index in [0.29, 0.717) is 0 Å². The molecule has 0 heterocycles. The molecule has 0 aliphatic rings. The van der Waals surface area contributed by atoms with Gasteiger partial charge >= 0.3 is 67.0 Å². The van der Waals surface area contributed by atoms with Gasteiger partial charge in [0.25, 0.3) is 0 Å². The summed E-state index contributed by atoms with van der Waals surface area (Å²) in [6.07, 6.45) is 4.12. The van der Waals surface area contributed by atoms with Gasteiger partial charge in [0.05, 0.1) is 0 Å². The summed E-state index contributed by atoms with van der Waals surface area (Å²) in [5, 5.41) is 0. The summed E-state index contributed by atoms with van der Waals surface area (Å²) in [6, 6.07) is 0. The van der Waals surface area contributed by atoms with Crippen molar-refractivity contribution in [2.45, 2.75) is 27.7 Å². The second-order valence-corrected chi connectivity index (χ2v) is 3.41. The van der Waals surface area contributed by atoms with Gasteiger partial charge in [-0.15, -0.1) is 0 Å². The molecule has 1 nitrogen and oxygen atoms in total. The number of thiol groups is 1. The van der Waals surface area contributed by atoms with Crippen molar-refractivity contribution in [1.29, 1.82) is 0 Å². The van der Waals surface area contributed by atoms with Gasteiger partial charge in [-0.1, -0.05) is 7.43 Å². The molecular weight excluding hydrogens is 338 g/mol.